The van der Waals surface area contributed by atoms with Crippen molar-refractivity contribution in [2.24, 2.45) is 0 Å². The Balaban J connectivity index is 2.25. The number of hydrogen-bond acceptors (Lipinski definition) is 1. The third-order valence-electron chi connectivity index (χ3n) is 3.62. The topological polar surface area (TPSA) is 9.23 Å². The Morgan fingerprint density at radius 2 is 1.94 bits per heavy atom. The van der Waals surface area contributed by atoms with E-state index in [1.165, 1.54) is 16.3 Å². The Hall–Kier alpha value is -1.50. The van der Waals surface area contributed by atoms with Gasteiger partial charge in [0, 0.05) is 11.5 Å². The van der Waals surface area contributed by atoms with Gasteiger partial charge in [0.2, 0.25) is 0 Å². The van der Waals surface area contributed by atoms with Crippen molar-refractivity contribution >= 4 is 10.8 Å². The Labute approximate surface area is 96.0 Å². The van der Waals surface area contributed by atoms with Crippen molar-refractivity contribution in [2.45, 2.75) is 32.3 Å². The van der Waals surface area contributed by atoms with Crippen LogP contribution in [0.4, 0.5) is 0 Å². The van der Waals surface area contributed by atoms with Gasteiger partial charge in [-0.25, -0.2) is 0 Å². The zero-order valence-corrected chi connectivity index (χ0v) is 9.73. The molecule has 0 saturated heterocycles. The smallest absolute Gasteiger partial charge is 0.123 e. The Morgan fingerprint density at radius 1 is 1.12 bits per heavy atom. The minimum absolute atomic E-state index is 0.348. The summed E-state index contributed by atoms with van der Waals surface area (Å²) in [6.07, 6.45) is 1.42. The van der Waals surface area contributed by atoms with Gasteiger partial charge in [-0.1, -0.05) is 44.2 Å². The zero-order valence-electron chi connectivity index (χ0n) is 9.73. The van der Waals surface area contributed by atoms with Crippen molar-refractivity contribution in [2.75, 3.05) is 0 Å². The van der Waals surface area contributed by atoms with Gasteiger partial charge < -0.3 is 4.74 Å². The highest BCUT2D eigenvalue weighted by atomic mass is 16.5. The van der Waals surface area contributed by atoms with E-state index in [0.717, 1.165) is 12.2 Å². The second-order valence-corrected chi connectivity index (χ2v) is 4.55. The van der Waals surface area contributed by atoms with Gasteiger partial charge >= 0.3 is 0 Å². The molecule has 0 N–H and O–H groups in total. The fourth-order valence-corrected chi connectivity index (χ4v) is 2.74. The van der Waals surface area contributed by atoms with Crippen molar-refractivity contribution in [1.29, 1.82) is 0 Å². The third kappa shape index (κ3) is 1.24. The van der Waals surface area contributed by atoms with Crippen LogP contribution < -0.4 is 4.74 Å². The standard InChI is InChI=1S/C15H16O/c1-3-13-10(2)15-12-7-5-4-6-11(12)8-9-14(15)16-13/h4-10,13H,3H2,1-2H3. The van der Waals surface area contributed by atoms with E-state index in [1.54, 1.807) is 0 Å². The lowest BCUT2D eigenvalue weighted by Gasteiger charge is -2.12. The molecule has 0 fully saturated rings. The van der Waals surface area contributed by atoms with Gasteiger partial charge in [0.15, 0.2) is 0 Å². The molecule has 0 radical (unpaired) electrons. The minimum atomic E-state index is 0.348. The van der Waals surface area contributed by atoms with Gasteiger partial charge in [0.05, 0.1) is 0 Å². The molecule has 1 heterocycles. The molecule has 2 atom stereocenters. The highest BCUT2D eigenvalue weighted by Gasteiger charge is 2.30. The largest absolute Gasteiger partial charge is 0.489 e. The van der Waals surface area contributed by atoms with Gasteiger partial charge in [0.1, 0.15) is 11.9 Å². The quantitative estimate of drug-likeness (QED) is 0.691. The molecule has 0 bridgehead atoms. The normalized spacial score (nSPS) is 23.1. The lowest BCUT2D eigenvalue weighted by atomic mass is 9.92. The molecule has 0 amide bonds. The number of fused-ring (bicyclic) bond motifs is 3. The summed E-state index contributed by atoms with van der Waals surface area (Å²) in [5, 5.41) is 2.66. The molecule has 0 aliphatic carbocycles. The van der Waals surface area contributed by atoms with Crippen molar-refractivity contribution in [1.82, 2.24) is 0 Å². The first kappa shape index (κ1) is 9.71. The van der Waals surface area contributed by atoms with Crippen LogP contribution in [0, 0.1) is 0 Å². The zero-order chi connectivity index (χ0) is 11.1. The fraction of sp³-hybridized carbons (Fsp3) is 0.333. The number of rotatable bonds is 1. The number of benzene rings is 2. The monoisotopic (exact) mass is 212 g/mol. The van der Waals surface area contributed by atoms with Crippen LogP contribution in [0.5, 0.6) is 5.75 Å². The second kappa shape index (κ2) is 3.51. The summed E-state index contributed by atoms with van der Waals surface area (Å²) >= 11 is 0. The van der Waals surface area contributed by atoms with Crippen molar-refractivity contribution in [3.8, 4) is 5.75 Å². The average Bonchev–Trinajstić information content (AvgIpc) is 2.66. The summed E-state index contributed by atoms with van der Waals surface area (Å²) in [5.74, 6) is 1.59. The molecule has 3 rings (SSSR count). The second-order valence-electron chi connectivity index (χ2n) is 4.55. The first-order valence-electron chi connectivity index (χ1n) is 5.99. The van der Waals surface area contributed by atoms with E-state index >= 15 is 0 Å². The van der Waals surface area contributed by atoms with Crippen LogP contribution in [0.3, 0.4) is 0 Å². The molecule has 1 aliphatic heterocycles. The van der Waals surface area contributed by atoms with Crippen LogP contribution in [-0.2, 0) is 0 Å². The van der Waals surface area contributed by atoms with Crippen LogP contribution in [0.25, 0.3) is 10.8 Å². The lowest BCUT2D eigenvalue weighted by molar-refractivity contribution is 0.206. The molecule has 1 heteroatoms. The fourth-order valence-electron chi connectivity index (χ4n) is 2.74. The maximum Gasteiger partial charge on any atom is 0.123 e. The van der Waals surface area contributed by atoms with Crippen LogP contribution in [0.1, 0.15) is 31.7 Å². The lowest BCUT2D eigenvalue weighted by Crippen LogP contribution is -2.14. The molecule has 2 aromatic rings. The van der Waals surface area contributed by atoms with Crippen molar-refractivity contribution in [3.05, 3.63) is 42.0 Å². The molecular weight excluding hydrogens is 196 g/mol. The molecular formula is C15H16O. The Bertz CT molecular complexity index is 530. The molecule has 0 spiro atoms. The first-order valence-corrected chi connectivity index (χ1v) is 5.99. The highest BCUT2D eigenvalue weighted by molar-refractivity contribution is 5.88. The summed E-state index contributed by atoms with van der Waals surface area (Å²) in [4.78, 5) is 0. The van der Waals surface area contributed by atoms with Gasteiger partial charge in [-0.15, -0.1) is 0 Å². The predicted molar refractivity (Wildman–Crippen MR) is 67.1 cm³/mol. The van der Waals surface area contributed by atoms with E-state index in [9.17, 15) is 0 Å². The van der Waals surface area contributed by atoms with Gasteiger partial charge in [-0.3, -0.25) is 0 Å². The summed E-state index contributed by atoms with van der Waals surface area (Å²) in [6, 6.07) is 12.8. The average molecular weight is 212 g/mol. The summed E-state index contributed by atoms with van der Waals surface area (Å²) in [6.45, 7) is 4.46. The van der Waals surface area contributed by atoms with Crippen LogP contribution >= 0.6 is 0 Å². The Kier molecular flexibility index (Phi) is 2.13. The van der Waals surface area contributed by atoms with Crippen LogP contribution in [0.15, 0.2) is 36.4 Å². The van der Waals surface area contributed by atoms with Crippen molar-refractivity contribution < 1.29 is 4.74 Å². The van der Waals surface area contributed by atoms with Gasteiger partial charge in [-0.2, -0.15) is 0 Å². The molecule has 0 saturated carbocycles. The highest BCUT2D eigenvalue weighted by Crippen LogP contribution is 2.43. The van der Waals surface area contributed by atoms with E-state index in [1.807, 2.05) is 0 Å². The van der Waals surface area contributed by atoms with Crippen molar-refractivity contribution in [3.63, 3.8) is 0 Å². The van der Waals surface area contributed by atoms with E-state index in [-0.39, 0.29) is 0 Å². The SMILES string of the molecule is CCC1Oc2ccc3ccccc3c2C1C. The third-order valence-corrected chi connectivity index (χ3v) is 3.62. The summed E-state index contributed by atoms with van der Waals surface area (Å²) in [7, 11) is 0. The molecule has 16 heavy (non-hydrogen) atoms. The van der Waals surface area contributed by atoms with E-state index < -0.39 is 0 Å². The predicted octanol–water partition coefficient (Wildman–Crippen LogP) is 4.11. The molecule has 1 nitrogen and oxygen atoms in total. The maximum absolute atomic E-state index is 5.98. The van der Waals surface area contributed by atoms with Crippen LogP contribution in [-0.4, -0.2) is 6.10 Å². The molecule has 2 aromatic carbocycles. The number of hydrogen-bond donors (Lipinski definition) is 0. The summed E-state index contributed by atoms with van der Waals surface area (Å²) < 4.78 is 5.98. The minimum Gasteiger partial charge on any atom is -0.489 e. The molecule has 82 valence electrons. The molecule has 0 aromatic heterocycles. The van der Waals surface area contributed by atoms with E-state index in [4.69, 9.17) is 4.74 Å². The molecule has 2 unspecified atom stereocenters. The van der Waals surface area contributed by atoms with Crippen LogP contribution in [0.2, 0.25) is 0 Å². The molecule has 1 aliphatic rings. The first-order chi connectivity index (χ1) is 7.81. The van der Waals surface area contributed by atoms with Gasteiger partial charge in [-0.05, 0) is 23.3 Å². The maximum atomic E-state index is 5.98. The Morgan fingerprint density at radius 3 is 2.75 bits per heavy atom. The van der Waals surface area contributed by atoms with Gasteiger partial charge in [0.25, 0.3) is 0 Å². The summed E-state index contributed by atoms with van der Waals surface area (Å²) in [5.41, 5.74) is 1.39. The number of ether oxygens (including phenoxy) is 1. The van der Waals surface area contributed by atoms with E-state index in [0.29, 0.717) is 12.0 Å². The van der Waals surface area contributed by atoms with E-state index in [2.05, 4.69) is 50.2 Å².